The molecule has 1 aromatic rings. The van der Waals surface area contributed by atoms with Gasteiger partial charge in [-0.3, -0.25) is 4.98 Å². The van der Waals surface area contributed by atoms with Crippen molar-refractivity contribution < 1.29 is 4.79 Å². The van der Waals surface area contributed by atoms with Crippen molar-refractivity contribution in [3.63, 3.8) is 0 Å². The highest BCUT2D eigenvalue weighted by Crippen LogP contribution is 1.94. The van der Waals surface area contributed by atoms with Crippen LogP contribution in [0.1, 0.15) is 12.6 Å². The molecule has 0 radical (unpaired) electrons. The second-order valence-corrected chi connectivity index (χ2v) is 2.79. The van der Waals surface area contributed by atoms with Gasteiger partial charge in [0.15, 0.2) is 0 Å². The molecule has 3 nitrogen and oxygen atoms in total. The van der Waals surface area contributed by atoms with E-state index >= 15 is 0 Å². The van der Waals surface area contributed by atoms with Gasteiger partial charge in [-0.1, -0.05) is 6.07 Å². The molecule has 0 bridgehead atoms. The minimum atomic E-state index is 0.750. The molecule has 1 heterocycles. The predicted octanol–water partition coefficient (Wildman–Crippen LogP) is 1.35. The minimum Gasteiger partial charge on any atom is -0.304 e. The van der Waals surface area contributed by atoms with E-state index in [9.17, 15) is 0 Å². The van der Waals surface area contributed by atoms with Crippen molar-refractivity contribution in [3.05, 3.63) is 30.1 Å². The second-order valence-electron chi connectivity index (χ2n) is 2.79. The fourth-order valence-electron chi connectivity index (χ4n) is 0.816. The summed E-state index contributed by atoms with van der Waals surface area (Å²) in [5.74, 6) is 0. The summed E-state index contributed by atoms with van der Waals surface area (Å²) in [6.45, 7) is 2.36. The first-order chi connectivity index (χ1) is 6.20. The van der Waals surface area contributed by atoms with Gasteiger partial charge in [-0.25, -0.2) is 0 Å². The number of nitrogens with zero attached hydrogens (tertiary/aromatic N) is 2. The third-order valence-electron chi connectivity index (χ3n) is 1.20. The fraction of sp³-hybridized carbons (Fsp3) is 0.400. The minimum absolute atomic E-state index is 0.750. The Hall–Kier alpha value is -1.22. The molecule has 0 aliphatic rings. The van der Waals surface area contributed by atoms with E-state index in [-0.39, 0.29) is 0 Å². The summed E-state index contributed by atoms with van der Waals surface area (Å²) in [4.78, 5) is 15.1. The van der Waals surface area contributed by atoms with Gasteiger partial charge in [-0.05, 0) is 33.2 Å². The molecule has 0 saturated carbocycles. The lowest BCUT2D eigenvalue weighted by Gasteiger charge is -2.07. The first-order valence-corrected chi connectivity index (χ1v) is 4.15. The Labute approximate surface area is 79.4 Å². The standard InChI is InChI=1S/C8H12N2.C2H4O/c1-10(2)7-8-5-3-4-6-9-8;1-2-3/h3-6H,7H2,1-2H3;2H,1H3. The zero-order valence-corrected chi connectivity index (χ0v) is 8.40. The summed E-state index contributed by atoms with van der Waals surface area (Å²) in [5, 5.41) is 0. The lowest BCUT2D eigenvalue weighted by molar-refractivity contribution is -0.106. The van der Waals surface area contributed by atoms with Gasteiger partial charge >= 0.3 is 0 Å². The van der Waals surface area contributed by atoms with Crippen LogP contribution < -0.4 is 0 Å². The number of aldehydes is 1. The molecule has 0 N–H and O–H groups in total. The Balaban J connectivity index is 0.000000424. The lowest BCUT2D eigenvalue weighted by atomic mass is 10.3. The highest BCUT2D eigenvalue weighted by molar-refractivity contribution is 5.44. The van der Waals surface area contributed by atoms with Crippen molar-refractivity contribution >= 4 is 6.29 Å². The van der Waals surface area contributed by atoms with E-state index in [4.69, 9.17) is 4.79 Å². The van der Waals surface area contributed by atoms with Crippen molar-refractivity contribution in [2.24, 2.45) is 0 Å². The van der Waals surface area contributed by atoms with Crippen molar-refractivity contribution in [1.29, 1.82) is 0 Å². The molecule has 0 aliphatic carbocycles. The van der Waals surface area contributed by atoms with Crippen molar-refractivity contribution in [2.75, 3.05) is 14.1 Å². The normalized spacial score (nSPS) is 8.92. The third-order valence-corrected chi connectivity index (χ3v) is 1.20. The summed E-state index contributed by atoms with van der Waals surface area (Å²) in [7, 11) is 4.07. The fourth-order valence-corrected chi connectivity index (χ4v) is 0.816. The van der Waals surface area contributed by atoms with Gasteiger partial charge in [0, 0.05) is 12.7 Å². The number of rotatable bonds is 2. The largest absolute Gasteiger partial charge is 0.304 e. The molecular formula is C10H16N2O. The Bertz CT molecular complexity index is 222. The molecular weight excluding hydrogens is 164 g/mol. The number of pyridine rings is 1. The van der Waals surface area contributed by atoms with Crippen LogP contribution in [0.4, 0.5) is 0 Å². The van der Waals surface area contributed by atoms with Crippen molar-refractivity contribution in [2.45, 2.75) is 13.5 Å². The molecule has 72 valence electrons. The van der Waals surface area contributed by atoms with Gasteiger partial charge in [0.05, 0.1) is 5.69 Å². The summed E-state index contributed by atoms with van der Waals surface area (Å²) in [6, 6.07) is 5.96. The highest BCUT2D eigenvalue weighted by Gasteiger charge is 1.92. The third kappa shape index (κ3) is 7.15. The topological polar surface area (TPSA) is 33.2 Å². The van der Waals surface area contributed by atoms with E-state index in [2.05, 4.69) is 9.88 Å². The van der Waals surface area contributed by atoms with E-state index in [1.807, 2.05) is 38.5 Å². The van der Waals surface area contributed by atoms with Crippen LogP contribution >= 0.6 is 0 Å². The van der Waals surface area contributed by atoms with E-state index in [0.717, 1.165) is 18.5 Å². The number of hydrogen-bond acceptors (Lipinski definition) is 3. The maximum Gasteiger partial charge on any atom is 0.116 e. The van der Waals surface area contributed by atoms with Crippen molar-refractivity contribution in [3.8, 4) is 0 Å². The number of hydrogen-bond donors (Lipinski definition) is 0. The Morgan fingerprint density at radius 3 is 2.46 bits per heavy atom. The predicted molar refractivity (Wildman–Crippen MR) is 53.4 cm³/mol. The van der Waals surface area contributed by atoms with Crippen LogP contribution in [0.3, 0.4) is 0 Å². The Kier molecular flexibility index (Phi) is 6.73. The molecule has 1 aromatic heterocycles. The molecule has 0 amide bonds. The first-order valence-electron chi connectivity index (χ1n) is 4.15. The zero-order valence-electron chi connectivity index (χ0n) is 8.40. The average molecular weight is 180 g/mol. The Morgan fingerprint density at radius 2 is 2.08 bits per heavy atom. The second kappa shape index (κ2) is 7.43. The van der Waals surface area contributed by atoms with Gasteiger partial charge in [0.1, 0.15) is 6.29 Å². The quantitative estimate of drug-likeness (QED) is 0.644. The van der Waals surface area contributed by atoms with Crippen LogP contribution in [0.5, 0.6) is 0 Å². The Morgan fingerprint density at radius 1 is 1.46 bits per heavy atom. The molecule has 0 saturated heterocycles. The molecule has 0 unspecified atom stereocenters. The smallest absolute Gasteiger partial charge is 0.116 e. The van der Waals surface area contributed by atoms with Crippen LogP contribution in [-0.4, -0.2) is 30.3 Å². The van der Waals surface area contributed by atoms with Gasteiger partial charge < -0.3 is 9.69 Å². The van der Waals surface area contributed by atoms with Gasteiger partial charge in [-0.15, -0.1) is 0 Å². The van der Waals surface area contributed by atoms with Crippen LogP contribution in [0.25, 0.3) is 0 Å². The molecule has 13 heavy (non-hydrogen) atoms. The van der Waals surface area contributed by atoms with Gasteiger partial charge in [0.2, 0.25) is 0 Å². The molecule has 0 fully saturated rings. The maximum atomic E-state index is 8.81. The van der Waals surface area contributed by atoms with Crippen LogP contribution in [0, 0.1) is 0 Å². The summed E-state index contributed by atoms with van der Waals surface area (Å²) in [6.07, 6.45) is 2.57. The summed E-state index contributed by atoms with van der Waals surface area (Å²) in [5.41, 5.74) is 1.12. The molecule has 0 atom stereocenters. The van der Waals surface area contributed by atoms with Crippen LogP contribution in [0.2, 0.25) is 0 Å². The monoisotopic (exact) mass is 180 g/mol. The summed E-state index contributed by atoms with van der Waals surface area (Å²) >= 11 is 0. The van der Waals surface area contributed by atoms with Crippen molar-refractivity contribution in [1.82, 2.24) is 9.88 Å². The van der Waals surface area contributed by atoms with E-state index in [1.165, 1.54) is 6.92 Å². The lowest BCUT2D eigenvalue weighted by Crippen LogP contribution is -2.11. The molecule has 1 rings (SSSR count). The number of carbonyl (C=O) groups excluding carboxylic acids is 1. The number of carbonyl (C=O) groups is 1. The molecule has 0 spiro atoms. The molecule has 3 heteroatoms. The van der Waals surface area contributed by atoms with Gasteiger partial charge in [0.25, 0.3) is 0 Å². The van der Waals surface area contributed by atoms with Crippen LogP contribution in [0.15, 0.2) is 24.4 Å². The van der Waals surface area contributed by atoms with E-state index in [0.29, 0.717) is 0 Å². The van der Waals surface area contributed by atoms with Crippen LogP contribution in [-0.2, 0) is 11.3 Å². The zero-order chi connectivity index (χ0) is 10.1. The van der Waals surface area contributed by atoms with Gasteiger partial charge in [-0.2, -0.15) is 0 Å². The van der Waals surface area contributed by atoms with E-state index < -0.39 is 0 Å². The highest BCUT2D eigenvalue weighted by atomic mass is 16.1. The SMILES string of the molecule is CC=O.CN(C)Cc1ccccn1. The molecule has 0 aliphatic heterocycles. The van der Waals surface area contributed by atoms with E-state index in [1.54, 1.807) is 0 Å². The first kappa shape index (κ1) is 11.8. The average Bonchev–Trinajstić information content (AvgIpc) is 2.06. The molecule has 0 aromatic carbocycles. The number of aromatic nitrogens is 1. The maximum absolute atomic E-state index is 8.81. The summed E-state index contributed by atoms with van der Waals surface area (Å²) < 4.78 is 0.